The van der Waals surface area contributed by atoms with Gasteiger partial charge in [0.2, 0.25) is 0 Å². The van der Waals surface area contributed by atoms with Crippen molar-refractivity contribution in [1.82, 2.24) is 5.32 Å². The van der Waals surface area contributed by atoms with Gasteiger partial charge in [0, 0.05) is 10.6 Å². The number of anilines is 1. The summed E-state index contributed by atoms with van der Waals surface area (Å²) in [6.45, 7) is 5.76. The quantitative estimate of drug-likeness (QED) is 0.239. The maximum Gasteiger partial charge on any atom is 0.348 e. The fourth-order valence-electron chi connectivity index (χ4n) is 4.04. The molecular weight excluding hydrogens is 452 g/mol. The summed E-state index contributed by atoms with van der Waals surface area (Å²) in [7, 11) is 0. The predicted molar refractivity (Wildman–Crippen MR) is 133 cm³/mol. The molecule has 1 aromatic heterocycles. The van der Waals surface area contributed by atoms with Crippen molar-refractivity contribution in [3.05, 3.63) is 51.7 Å². The second kappa shape index (κ2) is 12.1. The van der Waals surface area contributed by atoms with Crippen LogP contribution < -0.4 is 10.2 Å². The van der Waals surface area contributed by atoms with Crippen LogP contribution in [0.2, 0.25) is 0 Å². The minimum Gasteiger partial charge on any atom is -0.459 e. The first kappa shape index (κ1) is 25.9. The molecule has 1 aliphatic rings. The second-order valence-electron chi connectivity index (χ2n) is 8.90. The lowest BCUT2D eigenvalue weighted by Crippen LogP contribution is -2.35. The number of urea groups is 1. The van der Waals surface area contributed by atoms with E-state index in [1.807, 2.05) is 32.0 Å². The van der Waals surface area contributed by atoms with E-state index in [2.05, 4.69) is 12.2 Å². The third kappa shape index (κ3) is 6.67. The van der Waals surface area contributed by atoms with Gasteiger partial charge in [0.1, 0.15) is 10.9 Å². The van der Waals surface area contributed by atoms with Crippen molar-refractivity contribution < 1.29 is 24.2 Å². The average Bonchev–Trinajstić information content (AvgIpc) is 3.38. The van der Waals surface area contributed by atoms with Crippen molar-refractivity contribution in [1.29, 1.82) is 0 Å². The van der Waals surface area contributed by atoms with Gasteiger partial charge in [0.05, 0.1) is 12.2 Å². The largest absolute Gasteiger partial charge is 0.459 e. The van der Waals surface area contributed by atoms with Gasteiger partial charge in [-0.2, -0.15) is 0 Å². The summed E-state index contributed by atoms with van der Waals surface area (Å²) < 4.78 is 5.23. The topological polar surface area (TPSA) is 95.9 Å². The van der Waals surface area contributed by atoms with Crippen LogP contribution in [-0.2, 0) is 16.0 Å². The number of esters is 1. The molecule has 2 N–H and O–H groups in total. The molecule has 1 fully saturated rings. The molecule has 3 amide bonds. The highest BCUT2D eigenvalue weighted by atomic mass is 32.1. The Morgan fingerprint density at radius 3 is 2.53 bits per heavy atom. The normalized spacial score (nSPS) is 16.7. The summed E-state index contributed by atoms with van der Waals surface area (Å²) in [5, 5.41) is 12.8. The number of hydrogen-bond donors (Lipinski definition) is 2. The molecule has 0 spiro atoms. The lowest BCUT2D eigenvalue weighted by atomic mass is 10.0. The molecule has 0 saturated carbocycles. The minimum absolute atomic E-state index is 0.166. The Labute approximate surface area is 205 Å². The Kier molecular flexibility index (Phi) is 9.24. The lowest BCUT2D eigenvalue weighted by molar-refractivity contribution is -0.120. The van der Waals surface area contributed by atoms with Gasteiger partial charge in [-0.3, -0.25) is 15.0 Å². The minimum atomic E-state index is -0.585. The van der Waals surface area contributed by atoms with Crippen LogP contribution in [0.25, 0.3) is 0 Å². The van der Waals surface area contributed by atoms with Crippen LogP contribution in [0.4, 0.5) is 10.5 Å². The van der Waals surface area contributed by atoms with Crippen LogP contribution in [0.1, 0.15) is 85.5 Å². The molecule has 2 atom stereocenters. The smallest absolute Gasteiger partial charge is 0.348 e. The highest BCUT2D eigenvalue weighted by Gasteiger charge is 2.38. The number of carbonyl (C=O) groups excluding carboxylic acids is 3. The van der Waals surface area contributed by atoms with Gasteiger partial charge in [0.25, 0.3) is 5.91 Å². The van der Waals surface area contributed by atoms with Crippen LogP contribution in [0.3, 0.4) is 0 Å². The summed E-state index contributed by atoms with van der Waals surface area (Å²) in [4.78, 5) is 40.1. The Morgan fingerprint density at radius 1 is 1.12 bits per heavy atom. The molecule has 1 unspecified atom stereocenters. The monoisotopic (exact) mass is 486 g/mol. The van der Waals surface area contributed by atoms with Gasteiger partial charge >= 0.3 is 12.0 Å². The molecule has 0 radical (unpaired) electrons. The first-order chi connectivity index (χ1) is 16.3. The highest BCUT2D eigenvalue weighted by molar-refractivity contribution is 7.13. The fourth-order valence-corrected chi connectivity index (χ4v) is 4.97. The number of benzene rings is 1. The number of carbonyl (C=O) groups is 3. The number of imide groups is 1. The number of aliphatic hydroxyl groups excluding tert-OH is 1. The second-order valence-corrected chi connectivity index (χ2v) is 10.1. The van der Waals surface area contributed by atoms with Gasteiger partial charge in [-0.1, -0.05) is 38.3 Å². The Balaban J connectivity index is 1.59. The van der Waals surface area contributed by atoms with Crippen LogP contribution in [-0.4, -0.2) is 35.2 Å². The Hall–Kier alpha value is -2.71. The average molecular weight is 487 g/mol. The highest BCUT2D eigenvalue weighted by Crippen LogP contribution is 2.28. The number of thiophene rings is 1. The zero-order valence-electron chi connectivity index (χ0n) is 20.1. The van der Waals surface area contributed by atoms with Gasteiger partial charge in [-0.15, -0.1) is 11.3 Å². The zero-order chi connectivity index (χ0) is 24.7. The number of amides is 3. The van der Waals surface area contributed by atoms with Crippen LogP contribution >= 0.6 is 11.3 Å². The number of aryl methyl sites for hydroxylation is 1. The number of unbranched alkanes of at least 4 members (excludes halogenated alkanes) is 2. The summed E-state index contributed by atoms with van der Waals surface area (Å²) in [5.41, 5.74) is 1.44. The van der Waals surface area contributed by atoms with Crippen LogP contribution in [0, 0.1) is 0 Å². The maximum atomic E-state index is 12.5. The van der Waals surface area contributed by atoms with E-state index in [4.69, 9.17) is 4.74 Å². The molecule has 8 heteroatoms. The van der Waals surface area contributed by atoms with Crippen molar-refractivity contribution in [3.63, 3.8) is 0 Å². The van der Waals surface area contributed by atoms with Crippen molar-refractivity contribution in [3.8, 4) is 0 Å². The van der Waals surface area contributed by atoms with Crippen LogP contribution in [0.15, 0.2) is 36.4 Å². The van der Waals surface area contributed by atoms with Crippen LogP contribution in [0.5, 0.6) is 0 Å². The predicted octanol–water partition coefficient (Wildman–Crippen LogP) is 5.37. The lowest BCUT2D eigenvalue weighted by Gasteiger charge is -2.22. The molecule has 0 aliphatic carbocycles. The molecule has 0 bridgehead atoms. The van der Waals surface area contributed by atoms with Crippen molar-refractivity contribution >= 4 is 34.9 Å². The molecule has 1 aliphatic heterocycles. The number of nitrogens with one attached hydrogen (secondary N) is 1. The summed E-state index contributed by atoms with van der Waals surface area (Å²) in [5.74, 6) is -0.627. The fraction of sp³-hybridized carbons (Fsp3) is 0.500. The van der Waals surface area contributed by atoms with Crippen molar-refractivity contribution in [2.75, 3.05) is 4.90 Å². The number of nitrogens with zero attached hydrogens (tertiary/aromatic N) is 1. The number of aliphatic hydroxyl groups is 1. The molecule has 7 nitrogen and oxygen atoms in total. The number of rotatable bonds is 12. The third-order valence-corrected chi connectivity index (χ3v) is 6.93. The summed E-state index contributed by atoms with van der Waals surface area (Å²) >= 11 is 1.40. The standard InChI is InChI=1S/C26H34N2O5S/c1-4-5-6-10-22(29)18-11-13-19(14-12-18)28-21(24(30)27-26(28)32)9-7-8-20-15-16-23(34-20)25(31)33-17(2)3/h11-17,21-22,29H,4-10H2,1-3H3,(H,27,30,32)/t21?,22-/m1/s1. The Bertz CT molecular complexity index is 985. The van der Waals surface area contributed by atoms with E-state index in [0.29, 0.717) is 36.2 Å². The van der Waals surface area contributed by atoms with Gasteiger partial charge < -0.3 is 9.84 Å². The molecule has 1 aromatic carbocycles. The summed E-state index contributed by atoms with van der Waals surface area (Å²) in [6.07, 6.45) is 5.06. The molecule has 34 heavy (non-hydrogen) atoms. The molecule has 2 heterocycles. The van der Waals surface area contributed by atoms with Gasteiger partial charge in [0.15, 0.2) is 0 Å². The molecule has 184 valence electrons. The first-order valence-corrected chi connectivity index (χ1v) is 12.8. The van der Waals surface area contributed by atoms with Crippen molar-refractivity contribution in [2.45, 2.75) is 84.0 Å². The van der Waals surface area contributed by atoms with E-state index >= 15 is 0 Å². The number of ether oxygens (including phenoxy) is 1. The molecule has 1 saturated heterocycles. The summed E-state index contributed by atoms with van der Waals surface area (Å²) in [6, 6.07) is 9.87. The van der Waals surface area contributed by atoms with Crippen molar-refractivity contribution in [2.24, 2.45) is 0 Å². The zero-order valence-corrected chi connectivity index (χ0v) is 20.9. The molecule has 2 aromatic rings. The van der Waals surface area contributed by atoms with Gasteiger partial charge in [-0.25, -0.2) is 9.59 Å². The molecular formula is C26H34N2O5S. The van der Waals surface area contributed by atoms with E-state index < -0.39 is 18.2 Å². The molecule has 3 rings (SSSR count). The number of hydrogen-bond acceptors (Lipinski definition) is 6. The van der Waals surface area contributed by atoms with E-state index in [0.717, 1.165) is 29.7 Å². The SMILES string of the molecule is CCCCC[C@@H](O)c1ccc(N2C(=O)NC(=O)C2CCCc2ccc(C(=O)OC(C)C)s2)cc1. The van der Waals surface area contributed by atoms with E-state index in [1.54, 1.807) is 18.2 Å². The van der Waals surface area contributed by atoms with E-state index in [-0.39, 0.29) is 18.0 Å². The van der Waals surface area contributed by atoms with E-state index in [9.17, 15) is 19.5 Å². The third-order valence-electron chi connectivity index (χ3n) is 5.81. The van der Waals surface area contributed by atoms with Gasteiger partial charge in [-0.05, 0) is 69.4 Å². The van der Waals surface area contributed by atoms with E-state index in [1.165, 1.54) is 16.2 Å². The maximum absolute atomic E-state index is 12.5. The first-order valence-electron chi connectivity index (χ1n) is 12.0. The Morgan fingerprint density at radius 2 is 1.85 bits per heavy atom.